The molecular formula is C63H117N2O6P. The van der Waals surface area contributed by atoms with Gasteiger partial charge < -0.3 is 28.8 Å². The Morgan fingerprint density at radius 3 is 1.24 bits per heavy atom. The zero-order valence-electron chi connectivity index (χ0n) is 47.9. The maximum Gasteiger partial charge on any atom is 0.268 e. The van der Waals surface area contributed by atoms with Gasteiger partial charge in [-0.05, 0) is 64.2 Å². The molecule has 0 heterocycles. The van der Waals surface area contributed by atoms with Gasteiger partial charge in [-0.2, -0.15) is 0 Å². The molecule has 0 aliphatic carbocycles. The Bertz CT molecular complexity index is 1400. The number of nitrogens with zero attached hydrogens (tertiary/aromatic N) is 1. The van der Waals surface area contributed by atoms with Crippen LogP contribution in [0.15, 0.2) is 72.9 Å². The lowest BCUT2D eigenvalue weighted by atomic mass is 10.0. The van der Waals surface area contributed by atoms with E-state index in [0.717, 1.165) is 77.0 Å². The summed E-state index contributed by atoms with van der Waals surface area (Å²) in [6.45, 7) is 4.62. The molecular weight excluding hydrogens is 912 g/mol. The number of nitrogens with one attached hydrogen (secondary N) is 1. The van der Waals surface area contributed by atoms with Gasteiger partial charge in [0, 0.05) is 6.42 Å². The largest absolute Gasteiger partial charge is 0.756 e. The lowest BCUT2D eigenvalue weighted by Gasteiger charge is -2.30. The molecule has 420 valence electrons. The normalized spacial score (nSPS) is 14.4. The standard InChI is InChI=1S/C63H117N2O6P/c1-6-8-10-12-14-16-18-20-22-23-24-25-26-27-28-29-30-31-32-33-34-35-36-37-38-39-40-41-43-45-47-49-51-53-55-57-63(67)64-61(60-71-72(68,69)70-59-58-65(3,4)5)62(66)56-54-52-50-48-46-44-42-21-19-17-15-13-11-9-7-2/h8,10,14,16,20,22,24-25,27-28,30-31,61-62,66H,6-7,9,11-13,15,17-19,21,23,26,29,32-60H2,1-5H3,(H-,64,67,68,69)/b10-8-,16-14-,22-20-,25-24-,28-27-,31-30-. The first-order valence-corrected chi connectivity index (χ1v) is 31.7. The van der Waals surface area contributed by atoms with Crippen LogP contribution in [0.25, 0.3) is 0 Å². The molecule has 0 spiro atoms. The second-order valence-electron chi connectivity index (χ2n) is 21.7. The number of likely N-dealkylation sites (N-methyl/N-ethyl adjacent to an activating group) is 1. The van der Waals surface area contributed by atoms with Crippen LogP contribution in [-0.2, 0) is 18.4 Å². The summed E-state index contributed by atoms with van der Waals surface area (Å²) in [5.74, 6) is -0.164. The number of phosphoric ester groups is 1. The zero-order chi connectivity index (χ0) is 52.7. The van der Waals surface area contributed by atoms with Crippen molar-refractivity contribution in [3.63, 3.8) is 0 Å². The molecule has 0 bridgehead atoms. The molecule has 0 aromatic carbocycles. The van der Waals surface area contributed by atoms with E-state index in [-0.39, 0.29) is 19.1 Å². The maximum atomic E-state index is 13.0. The molecule has 0 radical (unpaired) electrons. The van der Waals surface area contributed by atoms with E-state index in [2.05, 4.69) is 92.1 Å². The summed E-state index contributed by atoms with van der Waals surface area (Å²) in [5.41, 5.74) is 0. The average molecular weight is 1030 g/mol. The minimum absolute atomic E-state index is 0.0114. The summed E-state index contributed by atoms with van der Waals surface area (Å²) in [4.78, 5) is 25.5. The summed E-state index contributed by atoms with van der Waals surface area (Å²) < 4.78 is 23.4. The summed E-state index contributed by atoms with van der Waals surface area (Å²) in [7, 11) is 1.31. The summed E-state index contributed by atoms with van der Waals surface area (Å²) in [5, 5.41) is 14.0. The van der Waals surface area contributed by atoms with Gasteiger partial charge in [-0.15, -0.1) is 0 Å². The number of phosphoric acid groups is 1. The van der Waals surface area contributed by atoms with Crippen LogP contribution < -0.4 is 10.2 Å². The molecule has 0 saturated carbocycles. The molecule has 0 aliphatic heterocycles. The van der Waals surface area contributed by atoms with Crippen molar-refractivity contribution in [1.29, 1.82) is 0 Å². The molecule has 0 aliphatic rings. The molecule has 0 saturated heterocycles. The molecule has 3 unspecified atom stereocenters. The third-order valence-corrected chi connectivity index (χ3v) is 14.4. The number of hydrogen-bond acceptors (Lipinski definition) is 6. The molecule has 3 atom stereocenters. The van der Waals surface area contributed by atoms with Crippen LogP contribution in [0.3, 0.4) is 0 Å². The van der Waals surface area contributed by atoms with E-state index >= 15 is 0 Å². The van der Waals surface area contributed by atoms with Gasteiger partial charge >= 0.3 is 0 Å². The van der Waals surface area contributed by atoms with E-state index in [1.165, 1.54) is 167 Å². The topological polar surface area (TPSA) is 108 Å². The van der Waals surface area contributed by atoms with Gasteiger partial charge in [-0.1, -0.05) is 273 Å². The molecule has 9 heteroatoms. The van der Waals surface area contributed by atoms with Crippen molar-refractivity contribution in [1.82, 2.24) is 5.32 Å². The van der Waals surface area contributed by atoms with Crippen LogP contribution in [0.1, 0.15) is 271 Å². The first-order valence-electron chi connectivity index (χ1n) is 30.3. The summed E-state index contributed by atoms with van der Waals surface area (Å²) in [6.07, 6.45) is 73.7. The van der Waals surface area contributed by atoms with Gasteiger partial charge in [0.2, 0.25) is 5.91 Å². The lowest BCUT2D eigenvalue weighted by molar-refractivity contribution is -0.870. The van der Waals surface area contributed by atoms with Gasteiger partial charge in [0.15, 0.2) is 0 Å². The zero-order valence-corrected chi connectivity index (χ0v) is 48.8. The minimum Gasteiger partial charge on any atom is -0.756 e. The van der Waals surface area contributed by atoms with E-state index in [1.54, 1.807) is 0 Å². The molecule has 0 fully saturated rings. The lowest BCUT2D eigenvalue weighted by Crippen LogP contribution is -2.46. The number of quaternary nitrogens is 1. The van der Waals surface area contributed by atoms with Crippen LogP contribution >= 0.6 is 7.82 Å². The van der Waals surface area contributed by atoms with Crippen LogP contribution in [0.4, 0.5) is 0 Å². The highest BCUT2D eigenvalue weighted by Crippen LogP contribution is 2.38. The highest BCUT2D eigenvalue weighted by Gasteiger charge is 2.24. The van der Waals surface area contributed by atoms with Crippen LogP contribution in [0, 0.1) is 0 Å². The van der Waals surface area contributed by atoms with Crippen LogP contribution in [0.2, 0.25) is 0 Å². The number of unbranched alkanes of at least 4 members (excludes halogenated alkanes) is 30. The fraction of sp³-hybridized carbons (Fsp3) is 0.794. The number of amides is 1. The Kier molecular flexibility index (Phi) is 52.2. The Morgan fingerprint density at radius 2 is 0.847 bits per heavy atom. The molecule has 1 amide bonds. The predicted octanol–water partition coefficient (Wildman–Crippen LogP) is 18.0. The first kappa shape index (κ1) is 69.9. The Morgan fingerprint density at radius 1 is 0.500 bits per heavy atom. The number of carbonyl (C=O) groups is 1. The van der Waals surface area contributed by atoms with Crippen molar-refractivity contribution in [3.8, 4) is 0 Å². The van der Waals surface area contributed by atoms with Crippen molar-refractivity contribution in [2.45, 2.75) is 283 Å². The van der Waals surface area contributed by atoms with E-state index < -0.39 is 20.0 Å². The third kappa shape index (κ3) is 55.7. The van der Waals surface area contributed by atoms with E-state index in [1.807, 2.05) is 21.1 Å². The van der Waals surface area contributed by atoms with Crippen molar-refractivity contribution < 1.29 is 32.9 Å². The number of hydrogen-bond donors (Lipinski definition) is 2. The second kappa shape index (κ2) is 53.8. The molecule has 0 aromatic rings. The first-order chi connectivity index (χ1) is 35.0. The maximum absolute atomic E-state index is 13.0. The minimum atomic E-state index is -4.57. The van der Waals surface area contributed by atoms with Gasteiger partial charge in [0.25, 0.3) is 7.82 Å². The quantitative estimate of drug-likeness (QED) is 0.0272. The number of aliphatic hydroxyl groups excluding tert-OH is 1. The Labute approximate surface area is 446 Å². The van der Waals surface area contributed by atoms with Crippen molar-refractivity contribution in [2.75, 3.05) is 40.9 Å². The molecule has 0 aromatic heterocycles. The van der Waals surface area contributed by atoms with E-state index in [4.69, 9.17) is 9.05 Å². The SMILES string of the molecule is CC/C=C\C/C=C\C/C=C\C/C=C\C/C=C\C/C=C\CCCCCCCCCCCCCCCCCCC(=O)NC(COP(=O)([O-])OCC[N+](C)(C)C)C(O)CCCCCCCCCCCCCCCCC. The highest BCUT2D eigenvalue weighted by atomic mass is 31.2. The van der Waals surface area contributed by atoms with Crippen molar-refractivity contribution in [2.24, 2.45) is 0 Å². The van der Waals surface area contributed by atoms with Crippen LogP contribution in [-0.4, -0.2) is 68.5 Å². The fourth-order valence-electron chi connectivity index (χ4n) is 8.75. The number of carbonyl (C=O) groups excluding carboxylic acids is 1. The number of aliphatic hydroxyl groups is 1. The molecule has 8 nitrogen and oxygen atoms in total. The molecule has 72 heavy (non-hydrogen) atoms. The van der Waals surface area contributed by atoms with Crippen molar-refractivity contribution >= 4 is 13.7 Å². The van der Waals surface area contributed by atoms with Gasteiger partial charge in [0.1, 0.15) is 13.2 Å². The number of allylic oxidation sites excluding steroid dienone is 12. The number of rotatable bonds is 55. The predicted molar refractivity (Wildman–Crippen MR) is 311 cm³/mol. The highest BCUT2D eigenvalue weighted by molar-refractivity contribution is 7.45. The summed E-state index contributed by atoms with van der Waals surface area (Å²) in [6, 6.07) is -0.802. The van der Waals surface area contributed by atoms with Gasteiger partial charge in [0.05, 0.1) is 39.9 Å². The smallest absolute Gasteiger partial charge is 0.268 e. The second-order valence-corrected chi connectivity index (χ2v) is 23.1. The fourth-order valence-corrected chi connectivity index (χ4v) is 9.47. The van der Waals surface area contributed by atoms with Crippen LogP contribution in [0.5, 0.6) is 0 Å². The molecule has 2 N–H and O–H groups in total. The monoisotopic (exact) mass is 1030 g/mol. The van der Waals surface area contributed by atoms with Gasteiger partial charge in [-0.25, -0.2) is 0 Å². The van der Waals surface area contributed by atoms with E-state index in [0.29, 0.717) is 23.9 Å². The Balaban J connectivity index is 4.02. The van der Waals surface area contributed by atoms with Gasteiger partial charge in [-0.3, -0.25) is 9.36 Å². The third-order valence-electron chi connectivity index (χ3n) is 13.5. The van der Waals surface area contributed by atoms with Crippen molar-refractivity contribution in [3.05, 3.63) is 72.9 Å². The van der Waals surface area contributed by atoms with E-state index in [9.17, 15) is 19.4 Å². The molecule has 0 rings (SSSR count). The average Bonchev–Trinajstić information content (AvgIpc) is 3.34. The Hall–Kier alpha value is -2.06. The summed E-state index contributed by atoms with van der Waals surface area (Å²) >= 11 is 0.